The predicted molar refractivity (Wildman–Crippen MR) is 86.0 cm³/mol. The van der Waals surface area contributed by atoms with E-state index in [0.29, 0.717) is 0 Å². The molecule has 2 amide bonds. The number of carbonyl (C=O) groups is 1. The van der Waals surface area contributed by atoms with E-state index in [1.54, 1.807) is 0 Å². The van der Waals surface area contributed by atoms with E-state index in [9.17, 15) is 4.79 Å². The van der Waals surface area contributed by atoms with E-state index < -0.39 is 6.03 Å². The molecule has 0 saturated carbocycles. The number of pyridine rings is 1. The fraction of sp³-hybridized carbons (Fsp3) is 0.133. The summed E-state index contributed by atoms with van der Waals surface area (Å²) in [7, 11) is 0. The highest BCUT2D eigenvalue weighted by atomic mass is 35.5. The van der Waals surface area contributed by atoms with Crippen LogP contribution in [0.5, 0.6) is 0 Å². The number of urea groups is 1. The van der Waals surface area contributed by atoms with Crippen molar-refractivity contribution in [3.63, 3.8) is 0 Å². The lowest BCUT2D eigenvalue weighted by Crippen LogP contribution is -2.31. The summed E-state index contributed by atoms with van der Waals surface area (Å²) in [6.07, 6.45) is 0. The first-order chi connectivity index (χ1) is 10.5. The molecule has 0 saturated heterocycles. The minimum Gasteiger partial charge on any atom is -0.331 e. The molecule has 2 rings (SSSR count). The van der Waals surface area contributed by atoms with Crippen LogP contribution in [0.1, 0.15) is 24.1 Å². The van der Waals surface area contributed by atoms with Crippen molar-refractivity contribution < 1.29 is 4.79 Å². The Kier molecular flexibility index (Phi) is 5.21. The number of halogens is 2. The molecule has 0 radical (unpaired) electrons. The Morgan fingerprint density at radius 2 is 2.00 bits per heavy atom. The van der Waals surface area contributed by atoms with Crippen LogP contribution in [0.4, 0.5) is 10.6 Å². The van der Waals surface area contributed by atoms with Crippen molar-refractivity contribution in [2.75, 3.05) is 5.32 Å². The third-order valence-electron chi connectivity index (χ3n) is 2.93. The number of carbonyl (C=O) groups excluding carboxylic acids is 1. The van der Waals surface area contributed by atoms with Gasteiger partial charge in [0.05, 0.1) is 11.1 Å². The van der Waals surface area contributed by atoms with Gasteiger partial charge in [0.15, 0.2) is 5.15 Å². The smallest absolute Gasteiger partial charge is 0.320 e. The standard InChI is InChI=1S/C15H12Cl2N4O/c1-9(10-5-3-2-4-6-10)19-15(22)21-13-7-12(16)11(8-18)14(17)20-13/h2-7,9H,1H3,(H2,19,20,21,22). The van der Waals surface area contributed by atoms with Gasteiger partial charge in [-0.3, -0.25) is 5.32 Å². The quantitative estimate of drug-likeness (QED) is 0.828. The van der Waals surface area contributed by atoms with Gasteiger partial charge in [-0.05, 0) is 12.5 Å². The second kappa shape index (κ2) is 7.12. The van der Waals surface area contributed by atoms with Crippen LogP contribution in [0.3, 0.4) is 0 Å². The van der Waals surface area contributed by atoms with E-state index in [2.05, 4.69) is 15.6 Å². The number of rotatable bonds is 3. The number of benzene rings is 1. The highest BCUT2D eigenvalue weighted by molar-refractivity contribution is 6.36. The van der Waals surface area contributed by atoms with Crippen LogP contribution >= 0.6 is 23.2 Å². The predicted octanol–water partition coefficient (Wildman–Crippen LogP) is 4.14. The molecule has 2 aromatic rings. The van der Waals surface area contributed by atoms with E-state index in [0.717, 1.165) is 5.56 Å². The number of nitrogens with zero attached hydrogens (tertiary/aromatic N) is 2. The van der Waals surface area contributed by atoms with Crippen molar-refractivity contribution in [3.8, 4) is 6.07 Å². The minimum absolute atomic E-state index is 0.0543. The van der Waals surface area contributed by atoms with Crippen LogP contribution in [0.15, 0.2) is 36.4 Å². The van der Waals surface area contributed by atoms with Crippen molar-refractivity contribution in [2.24, 2.45) is 0 Å². The number of amides is 2. The summed E-state index contributed by atoms with van der Waals surface area (Å²) in [5.41, 5.74) is 1.05. The summed E-state index contributed by atoms with van der Waals surface area (Å²) in [6, 6.07) is 12.1. The van der Waals surface area contributed by atoms with Crippen LogP contribution in [-0.4, -0.2) is 11.0 Å². The van der Waals surface area contributed by atoms with Crippen LogP contribution in [0.2, 0.25) is 10.2 Å². The van der Waals surface area contributed by atoms with Gasteiger partial charge in [0.25, 0.3) is 0 Å². The monoisotopic (exact) mass is 334 g/mol. The molecule has 1 aromatic heterocycles. The first-order valence-electron chi connectivity index (χ1n) is 6.40. The van der Waals surface area contributed by atoms with Crippen LogP contribution in [0.25, 0.3) is 0 Å². The lowest BCUT2D eigenvalue weighted by molar-refractivity contribution is 0.249. The topological polar surface area (TPSA) is 77.8 Å². The van der Waals surface area contributed by atoms with Gasteiger partial charge >= 0.3 is 6.03 Å². The average Bonchev–Trinajstić information content (AvgIpc) is 2.47. The molecule has 7 heteroatoms. The number of nitrogens with one attached hydrogen (secondary N) is 2. The third kappa shape index (κ3) is 3.88. The van der Waals surface area contributed by atoms with Gasteiger partial charge in [-0.1, -0.05) is 53.5 Å². The maximum Gasteiger partial charge on any atom is 0.320 e. The molecule has 1 atom stereocenters. The van der Waals surface area contributed by atoms with Crippen LogP contribution < -0.4 is 10.6 Å². The second-order valence-electron chi connectivity index (χ2n) is 4.50. The van der Waals surface area contributed by atoms with E-state index in [1.165, 1.54) is 6.07 Å². The number of anilines is 1. The summed E-state index contributed by atoms with van der Waals surface area (Å²) >= 11 is 11.7. The van der Waals surface area contributed by atoms with Gasteiger partial charge in [0, 0.05) is 6.07 Å². The Bertz CT molecular complexity index is 705. The Hall–Kier alpha value is -2.29. The average molecular weight is 335 g/mol. The zero-order valence-corrected chi connectivity index (χ0v) is 13.1. The van der Waals surface area contributed by atoms with Gasteiger partial charge in [-0.15, -0.1) is 0 Å². The SMILES string of the molecule is CC(NC(=O)Nc1cc(Cl)c(C#N)c(Cl)n1)c1ccccc1. The normalized spacial score (nSPS) is 11.4. The Morgan fingerprint density at radius 3 is 2.59 bits per heavy atom. The van der Waals surface area contributed by atoms with Crippen molar-refractivity contribution in [2.45, 2.75) is 13.0 Å². The lowest BCUT2D eigenvalue weighted by Gasteiger charge is -2.15. The lowest BCUT2D eigenvalue weighted by atomic mass is 10.1. The number of nitriles is 1. The zero-order valence-electron chi connectivity index (χ0n) is 11.6. The molecule has 2 N–H and O–H groups in total. The molecule has 1 aromatic carbocycles. The maximum absolute atomic E-state index is 12.0. The fourth-order valence-corrected chi connectivity index (χ4v) is 2.34. The van der Waals surface area contributed by atoms with Crippen molar-refractivity contribution in [3.05, 3.63) is 57.7 Å². The molecule has 0 spiro atoms. The zero-order chi connectivity index (χ0) is 16.1. The van der Waals surface area contributed by atoms with Crippen LogP contribution in [-0.2, 0) is 0 Å². The molecule has 1 unspecified atom stereocenters. The van der Waals surface area contributed by atoms with Crippen LogP contribution in [0, 0.1) is 11.3 Å². The molecule has 0 bridgehead atoms. The minimum atomic E-state index is -0.444. The highest BCUT2D eigenvalue weighted by Crippen LogP contribution is 2.25. The van der Waals surface area contributed by atoms with Gasteiger partial charge in [-0.2, -0.15) is 5.26 Å². The largest absolute Gasteiger partial charge is 0.331 e. The van der Waals surface area contributed by atoms with Gasteiger partial charge in [0.2, 0.25) is 0 Å². The van der Waals surface area contributed by atoms with Crippen molar-refractivity contribution in [1.82, 2.24) is 10.3 Å². The van der Waals surface area contributed by atoms with Crippen molar-refractivity contribution in [1.29, 1.82) is 5.26 Å². The molecule has 1 heterocycles. The summed E-state index contributed by atoms with van der Waals surface area (Å²) in [6.45, 7) is 1.86. The van der Waals surface area contributed by atoms with Crippen molar-refractivity contribution >= 4 is 35.1 Å². The van der Waals surface area contributed by atoms with Gasteiger partial charge in [0.1, 0.15) is 17.5 Å². The fourth-order valence-electron chi connectivity index (χ4n) is 1.82. The van der Waals surface area contributed by atoms with E-state index in [-0.39, 0.29) is 27.6 Å². The Morgan fingerprint density at radius 1 is 1.32 bits per heavy atom. The molecule has 0 fully saturated rings. The highest BCUT2D eigenvalue weighted by Gasteiger charge is 2.13. The molecule has 0 aliphatic heterocycles. The Balaban J connectivity index is 2.05. The molecule has 0 aliphatic rings. The van der Waals surface area contributed by atoms with E-state index >= 15 is 0 Å². The Labute approximate surface area is 137 Å². The summed E-state index contributed by atoms with van der Waals surface area (Å²) in [5, 5.41) is 14.2. The first kappa shape index (κ1) is 16.1. The van der Waals surface area contributed by atoms with Gasteiger partial charge < -0.3 is 5.32 Å². The molecular formula is C15H12Cl2N4O. The second-order valence-corrected chi connectivity index (χ2v) is 5.26. The third-order valence-corrected chi connectivity index (χ3v) is 3.50. The molecule has 112 valence electrons. The van der Waals surface area contributed by atoms with Gasteiger partial charge in [-0.25, -0.2) is 9.78 Å². The van der Waals surface area contributed by atoms with E-state index in [4.69, 9.17) is 28.5 Å². The molecule has 5 nitrogen and oxygen atoms in total. The van der Waals surface area contributed by atoms with E-state index in [1.807, 2.05) is 43.3 Å². The molecule has 0 aliphatic carbocycles. The first-order valence-corrected chi connectivity index (χ1v) is 7.15. The molecule has 22 heavy (non-hydrogen) atoms. The number of hydrogen-bond donors (Lipinski definition) is 2. The molecular weight excluding hydrogens is 323 g/mol. The number of aromatic nitrogens is 1. The number of hydrogen-bond acceptors (Lipinski definition) is 3. The summed E-state index contributed by atoms with van der Waals surface area (Å²) < 4.78 is 0. The summed E-state index contributed by atoms with van der Waals surface area (Å²) in [4.78, 5) is 15.9. The maximum atomic E-state index is 12.0. The summed E-state index contributed by atoms with van der Waals surface area (Å²) in [5.74, 6) is 0.173.